The molecule has 2 aromatic heterocycles. The molecular formula is C22H26N4O5S2. The number of hydrogen-bond donors (Lipinski definition) is 1. The highest BCUT2D eigenvalue weighted by atomic mass is 32.2. The van der Waals surface area contributed by atoms with Crippen LogP contribution in [0.25, 0.3) is 11.3 Å². The molecular weight excluding hydrogens is 464 g/mol. The first-order valence-corrected chi connectivity index (χ1v) is 12.7. The average Bonchev–Trinajstić information content (AvgIpc) is 3.39. The molecule has 0 aliphatic carbocycles. The molecule has 0 aliphatic rings. The molecule has 176 valence electrons. The summed E-state index contributed by atoms with van der Waals surface area (Å²) in [4.78, 5) is 30.2. The zero-order valence-corrected chi connectivity index (χ0v) is 20.5. The van der Waals surface area contributed by atoms with Crippen molar-refractivity contribution in [3.8, 4) is 11.3 Å². The molecule has 1 aromatic carbocycles. The third-order valence-corrected chi connectivity index (χ3v) is 7.88. The molecule has 0 radical (unpaired) electrons. The topological polar surface area (TPSA) is 111 Å². The number of carbonyl (C=O) groups excluding carboxylic acids is 2. The fraction of sp³-hybridized carbons (Fsp3) is 0.318. The van der Waals surface area contributed by atoms with Gasteiger partial charge >= 0.3 is 5.97 Å². The van der Waals surface area contributed by atoms with E-state index in [1.165, 1.54) is 21.1 Å². The maximum absolute atomic E-state index is 12.9. The molecule has 0 atom stereocenters. The molecule has 1 amide bonds. The van der Waals surface area contributed by atoms with Crippen molar-refractivity contribution in [2.24, 2.45) is 7.05 Å². The Morgan fingerprint density at radius 3 is 2.42 bits per heavy atom. The minimum atomic E-state index is -3.71. The largest absolute Gasteiger partial charge is 0.462 e. The minimum absolute atomic E-state index is 0.0372. The van der Waals surface area contributed by atoms with Gasteiger partial charge in [-0.3, -0.25) is 10.1 Å². The van der Waals surface area contributed by atoms with E-state index in [9.17, 15) is 18.0 Å². The molecule has 0 bridgehead atoms. The summed E-state index contributed by atoms with van der Waals surface area (Å²) in [5, 5.41) is 2.88. The van der Waals surface area contributed by atoms with Gasteiger partial charge in [0.05, 0.1) is 12.3 Å². The Kier molecular flexibility index (Phi) is 7.67. The summed E-state index contributed by atoms with van der Waals surface area (Å²) in [5.74, 6) is -1.07. The van der Waals surface area contributed by atoms with Crippen molar-refractivity contribution in [3.05, 3.63) is 53.2 Å². The van der Waals surface area contributed by atoms with Gasteiger partial charge < -0.3 is 9.30 Å². The van der Waals surface area contributed by atoms with Crippen molar-refractivity contribution in [2.45, 2.75) is 25.7 Å². The van der Waals surface area contributed by atoms with Gasteiger partial charge in [0.1, 0.15) is 15.5 Å². The highest BCUT2D eigenvalue weighted by molar-refractivity contribution is 7.89. The van der Waals surface area contributed by atoms with E-state index < -0.39 is 21.9 Å². The van der Waals surface area contributed by atoms with Crippen molar-refractivity contribution >= 4 is 38.4 Å². The second-order valence-corrected chi connectivity index (χ2v) is 9.94. The Morgan fingerprint density at radius 2 is 1.82 bits per heavy atom. The first kappa shape index (κ1) is 24.6. The number of hydrogen-bond acceptors (Lipinski definition) is 7. The van der Waals surface area contributed by atoms with E-state index >= 15 is 0 Å². The number of esters is 1. The van der Waals surface area contributed by atoms with Gasteiger partial charge in [-0.05, 0) is 13.0 Å². The lowest BCUT2D eigenvalue weighted by Crippen LogP contribution is -2.30. The molecule has 3 rings (SSSR count). The minimum Gasteiger partial charge on any atom is -0.462 e. The lowest BCUT2D eigenvalue weighted by atomic mass is 10.1. The Bertz CT molecular complexity index is 1250. The molecule has 0 aliphatic heterocycles. The Morgan fingerprint density at radius 1 is 1.15 bits per heavy atom. The number of aromatic nitrogens is 2. The SMILES string of the molecule is CCOC(=O)c1sc(NC(=O)c2cc(S(=O)(=O)N(CC)CC)cn2C)nc1-c1ccccc1. The number of anilines is 1. The van der Waals surface area contributed by atoms with E-state index in [2.05, 4.69) is 10.3 Å². The highest BCUT2D eigenvalue weighted by Crippen LogP contribution is 2.32. The molecule has 2 heterocycles. The predicted octanol–water partition coefficient (Wildman–Crippen LogP) is 3.61. The molecule has 9 nitrogen and oxygen atoms in total. The predicted molar refractivity (Wildman–Crippen MR) is 127 cm³/mol. The number of aryl methyl sites for hydroxylation is 1. The fourth-order valence-electron chi connectivity index (χ4n) is 3.28. The molecule has 3 aromatic rings. The number of benzene rings is 1. The van der Waals surface area contributed by atoms with Crippen LogP contribution in [0.4, 0.5) is 5.13 Å². The van der Waals surface area contributed by atoms with Crippen LogP contribution in [0.1, 0.15) is 40.9 Å². The van der Waals surface area contributed by atoms with Gasteiger partial charge in [-0.2, -0.15) is 4.31 Å². The van der Waals surface area contributed by atoms with Gasteiger partial charge in [0.2, 0.25) is 10.0 Å². The van der Waals surface area contributed by atoms with Crippen LogP contribution in [0.5, 0.6) is 0 Å². The zero-order valence-electron chi connectivity index (χ0n) is 18.9. The summed E-state index contributed by atoms with van der Waals surface area (Å²) in [6, 6.07) is 10.5. The maximum Gasteiger partial charge on any atom is 0.350 e. The van der Waals surface area contributed by atoms with Crippen LogP contribution in [-0.4, -0.2) is 53.8 Å². The number of rotatable bonds is 9. The van der Waals surface area contributed by atoms with Gasteiger partial charge in [0, 0.05) is 31.9 Å². The van der Waals surface area contributed by atoms with Gasteiger partial charge in [0.15, 0.2) is 5.13 Å². The summed E-state index contributed by atoms with van der Waals surface area (Å²) in [6.45, 7) is 6.08. The van der Waals surface area contributed by atoms with Crippen LogP contribution >= 0.6 is 11.3 Å². The van der Waals surface area contributed by atoms with Crippen LogP contribution in [0.15, 0.2) is 47.5 Å². The van der Waals surface area contributed by atoms with Crippen LogP contribution in [-0.2, 0) is 21.8 Å². The van der Waals surface area contributed by atoms with Gasteiger partial charge in [-0.25, -0.2) is 18.2 Å². The normalized spacial score (nSPS) is 11.5. The molecule has 0 saturated carbocycles. The van der Waals surface area contributed by atoms with E-state index in [0.717, 1.165) is 11.3 Å². The molecule has 0 unspecified atom stereocenters. The van der Waals surface area contributed by atoms with Crippen LogP contribution in [0, 0.1) is 0 Å². The van der Waals surface area contributed by atoms with Crippen molar-refractivity contribution in [1.29, 1.82) is 0 Å². The number of sulfonamides is 1. The van der Waals surface area contributed by atoms with Gasteiger partial charge in [-0.1, -0.05) is 55.5 Å². The fourth-order valence-corrected chi connectivity index (χ4v) is 5.68. The number of nitrogens with zero attached hydrogens (tertiary/aromatic N) is 3. The number of carbonyl (C=O) groups is 2. The van der Waals surface area contributed by atoms with E-state index in [-0.39, 0.29) is 27.2 Å². The third kappa shape index (κ3) is 5.15. The van der Waals surface area contributed by atoms with E-state index in [4.69, 9.17) is 4.74 Å². The van der Waals surface area contributed by atoms with Gasteiger partial charge in [0.25, 0.3) is 5.91 Å². The Hall–Kier alpha value is -3.02. The first-order valence-electron chi connectivity index (χ1n) is 10.4. The van der Waals surface area contributed by atoms with Crippen molar-refractivity contribution in [1.82, 2.24) is 13.9 Å². The van der Waals surface area contributed by atoms with Gasteiger partial charge in [-0.15, -0.1) is 0 Å². The summed E-state index contributed by atoms with van der Waals surface area (Å²) in [6.07, 6.45) is 1.41. The lowest BCUT2D eigenvalue weighted by Gasteiger charge is -2.17. The van der Waals surface area contributed by atoms with Crippen LogP contribution in [0.3, 0.4) is 0 Å². The average molecular weight is 491 g/mol. The number of thiazole rings is 1. The molecule has 0 spiro atoms. The Balaban J connectivity index is 1.92. The quantitative estimate of drug-likeness (QED) is 0.459. The molecule has 0 fully saturated rings. The third-order valence-electron chi connectivity index (χ3n) is 4.91. The highest BCUT2D eigenvalue weighted by Gasteiger charge is 2.26. The second-order valence-electron chi connectivity index (χ2n) is 7.00. The maximum atomic E-state index is 12.9. The van der Waals surface area contributed by atoms with Crippen molar-refractivity contribution in [2.75, 3.05) is 25.0 Å². The number of amides is 1. The van der Waals surface area contributed by atoms with Crippen molar-refractivity contribution in [3.63, 3.8) is 0 Å². The van der Waals surface area contributed by atoms with Crippen LogP contribution in [0.2, 0.25) is 0 Å². The molecule has 1 N–H and O–H groups in total. The van der Waals surface area contributed by atoms with E-state index in [1.807, 2.05) is 30.3 Å². The summed E-state index contributed by atoms with van der Waals surface area (Å²) in [7, 11) is -2.11. The summed E-state index contributed by atoms with van der Waals surface area (Å²) < 4.78 is 33.5. The molecule has 11 heteroatoms. The molecule has 0 saturated heterocycles. The first-order chi connectivity index (χ1) is 15.7. The Labute approximate surface area is 197 Å². The van der Waals surface area contributed by atoms with Crippen molar-refractivity contribution < 1.29 is 22.7 Å². The number of ether oxygens (including phenoxy) is 1. The standard InChI is InChI=1S/C22H26N4O5S2/c1-5-26(6-2)33(29,30)16-13-17(25(4)14-16)20(27)24-22-23-18(15-11-9-8-10-12-15)19(32-22)21(28)31-7-3/h8-14H,5-7H2,1-4H3,(H,23,24,27). The second kappa shape index (κ2) is 10.3. The summed E-state index contributed by atoms with van der Waals surface area (Å²) >= 11 is 1.00. The lowest BCUT2D eigenvalue weighted by molar-refractivity contribution is 0.0532. The number of nitrogens with one attached hydrogen (secondary N) is 1. The summed E-state index contributed by atoms with van der Waals surface area (Å²) in [5.41, 5.74) is 1.27. The van der Waals surface area contributed by atoms with E-state index in [0.29, 0.717) is 24.3 Å². The molecule has 33 heavy (non-hydrogen) atoms. The zero-order chi connectivity index (χ0) is 24.2. The van der Waals surface area contributed by atoms with E-state index in [1.54, 1.807) is 27.8 Å². The van der Waals surface area contributed by atoms with Crippen LogP contribution < -0.4 is 5.32 Å². The smallest absolute Gasteiger partial charge is 0.350 e. The monoisotopic (exact) mass is 490 g/mol.